The summed E-state index contributed by atoms with van der Waals surface area (Å²) < 4.78 is 43.7. The van der Waals surface area contributed by atoms with E-state index in [2.05, 4.69) is 31.2 Å². The summed E-state index contributed by atoms with van der Waals surface area (Å²) in [5, 5.41) is 2.68. The predicted molar refractivity (Wildman–Crippen MR) is 75.2 cm³/mol. The van der Waals surface area contributed by atoms with Crippen molar-refractivity contribution in [2.75, 3.05) is 18.5 Å². The van der Waals surface area contributed by atoms with E-state index in [4.69, 9.17) is 4.74 Å². The summed E-state index contributed by atoms with van der Waals surface area (Å²) in [6.07, 6.45) is -3.42. The lowest BCUT2D eigenvalue weighted by atomic mass is 10.3. The van der Waals surface area contributed by atoms with Crippen LogP contribution >= 0.6 is 15.9 Å². The van der Waals surface area contributed by atoms with Gasteiger partial charge in [0.2, 0.25) is 5.95 Å². The summed E-state index contributed by atoms with van der Waals surface area (Å²) in [6.45, 7) is 0.568. The molecule has 0 atom stereocenters. The number of halogens is 4. The Hall–Kier alpha value is -1.83. The lowest BCUT2D eigenvalue weighted by Crippen LogP contribution is -2.15. The highest BCUT2D eigenvalue weighted by atomic mass is 79.9. The van der Waals surface area contributed by atoms with Crippen LogP contribution in [0.3, 0.4) is 0 Å². The van der Waals surface area contributed by atoms with Crippen molar-refractivity contribution in [2.45, 2.75) is 6.18 Å². The van der Waals surface area contributed by atoms with E-state index >= 15 is 0 Å². The molecule has 1 aromatic carbocycles. The van der Waals surface area contributed by atoms with Gasteiger partial charge in [-0.25, -0.2) is 9.97 Å². The fourth-order valence-electron chi connectivity index (χ4n) is 1.46. The third-order valence-electron chi connectivity index (χ3n) is 2.41. The summed E-state index contributed by atoms with van der Waals surface area (Å²) in [5.41, 5.74) is -0.978. The molecule has 0 amide bonds. The molecule has 21 heavy (non-hydrogen) atoms. The van der Waals surface area contributed by atoms with Crippen molar-refractivity contribution in [3.05, 3.63) is 46.7 Å². The minimum absolute atomic E-state index is 0.0794. The molecule has 0 aliphatic heterocycles. The number of ether oxygens (including phenoxy) is 1. The van der Waals surface area contributed by atoms with Crippen LogP contribution in [-0.4, -0.2) is 23.1 Å². The molecule has 8 heteroatoms. The van der Waals surface area contributed by atoms with Crippen molar-refractivity contribution in [3.8, 4) is 5.75 Å². The van der Waals surface area contributed by atoms with Gasteiger partial charge in [0.25, 0.3) is 0 Å². The van der Waals surface area contributed by atoms with Crippen LogP contribution in [0.25, 0.3) is 0 Å². The Labute approximate surface area is 127 Å². The minimum atomic E-state index is -4.48. The largest absolute Gasteiger partial charge is 0.492 e. The Balaban J connectivity index is 1.82. The van der Waals surface area contributed by atoms with Gasteiger partial charge < -0.3 is 10.1 Å². The second-order valence-electron chi connectivity index (χ2n) is 3.99. The van der Waals surface area contributed by atoms with Crippen LogP contribution in [-0.2, 0) is 6.18 Å². The standard InChI is InChI=1S/C13H11BrF3N3O/c14-9-1-3-10(4-2-9)21-8-7-19-12-18-6-5-11(20-12)13(15,16)17/h1-6H,7-8H2,(H,18,19,20). The number of alkyl halides is 3. The Morgan fingerprint density at radius 1 is 1.14 bits per heavy atom. The van der Waals surface area contributed by atoms with E-state index in [0.717, 1.165) is 16.7 Å². The highest BCUT2D eigenvalue weighted by Crippen LogP contribution is 2.27. The molecule has 1 heterocycles. The number of anilines is 1. The number of rotatable bonds is 5. The molecule has 2 aromatic rings. The summed E-state index contributed by atoms with van der Waals surface area (Å²) in [4.78, 5) is 7.12. The van der Waals surface area contributed by atoms with Crippen molar-refractivity contribution in [3.63, 3.8) is 0 Å². The van der Waals surface area contributed by atoms with Gasteiger partial charge in [-0.1, -0.05) is 15.9 Å². The first-order valence-electron chi connectivity index (χ1n) is 5.97. The normalized spacial score (nSPS) is 11.2. The number of benzene rings is 1. The van der Waals surface area contributed by atoms with Gasteiger partial charge in [-0.3, -0.25) is 0 Å². The van der Waals surface area contributed by atoms with E-state index in [-0.39, 0.29) is 19.1 Å². The number of nitrogens with one attached hydrogen (secondary N) is 1. The average molecular weight is 362 g/mol. The zero-order valence-electron chi connectivity index (χ0n) is 10.7. The van der Waals surface area contributed by atoms with Gasteiger partial charge in [0.05, 0.1) is 6.54 Å². The second-order valence-corrected chi connectivity index (χ2v) is 4.91. The molecule has 0 saturated heterocycles. The van der Waals surface area contributed by atoms with E-state index in [0.29, 0.717) is 5.75 Å². The van der Waals surface area contributed by atoms with Gasteiger partial charge in [0.15, 0.2) is 0 Å². The van der Waals surface area contributed by atoms with Crippen molar-refractivity contribution in [1.82, 2.24) is 9.97 Å². The molecular weight excluding hydrogens is 351 g/mol. The Kier molecular flexibility index (Phi) is 5.00. The van der Waals surface area contributed by atoms with E-state index in [9.17, 15) is 13.2 Å². The van der Waals surface area contributed by atoms with Gasteiger partial charge in [-0.05, 0) is 30.3 Å². The fraction of sp³-hybridized carbons (Fsp3) is 0.231. The van der Waals surface area contributed by atoms with Gasteiger partial charge in [-0.15, -0.1) is 0 Å². The van der Waals surface area contributed by atoms with Crippen molar-refractivity contribution >= 4 is 21.9 Å². The number of hydrogen-bond donors (Lipinski definition) is 1. The highest BCUT2D eigenvalue weighted by molar-refractivity contribution is 9.10. The first kappa shape index (κ1) is 15.6. The van der Waals surface area contributed by atoms with Crippen LogP contribution in [0, 0.1) is 0 Å². The van der Waals surface area contributed by atoms with Crippen molar-refractivity contribution in [1.29, 1.82) is 0 Å². The molecule has 0 saturated carbocycles. The third-order valence-corrected chi connectivity index (χ3v) is 2.94. The maximum Gasteiger partial charge on any atom is 0.433 e. The monoisotopic (exact) mass is 361 g/mol. The van der Waals surface area contributed by atoms with Crippen LogP contribution in [0.4, 0.5) is 19.1 Å². The van der Waals surface area contributed by atoms with Crippen LogP contribution in [0.5, 0.6) is 5.75 Å². The zero-order chi connectivity index (χ0) is 15.3. The van der Waals surface area contributed by atoms with Crippen LogP contribution in [0.1, 0.15) is 5.69 Å². The molecule has 0 unspecified atom stereocenters. The maximum absolute atomic E-state index is 12.5. The maximum atomic E-state index is 12.5. The summed E-state index contributed by atoms with van der Waals surface area (Å²) in [5.74, 6) is 0.592. The van der Waals surface area contributed by atoms with Gasteiger partial charge in [0.1, 0.15) is 18.1 Å². The summed E-state index contributed by atoms with van der Waals surface area (Å²) >= 11 is 3.30. The molecule has 1 N–H and O–H groups in total. The molecule has 0 aliphatic rings. The van der Waals surface area contributed by atoms with Gasteiger partial charge >= 0.3 is 6.18 Å². The fourth-order valence-corrected chi connectivity index (χ4v) is 1.73. The molecule has 0 aliphatic carbocycles. The van der Waals surface area contributed by atoms with Crippen LogP contribution < -0.4 is 10.1 Å². The second kappa shape index (κ2) is 6.75. The van der Waals surface area contributed by atoms with Crippen LogP contribution in [0.15, 0.2) is 41.0 Å². The Morgan fingerprint density at radius 3 is 2.52 bits per heavy atom. The van der Waals surface area contributed by atoms with E-state index in [1.807, 2.05) is 12.1 Å². The molecular formula is C13H11BrF3N3O. The smallest absolute Gasteiger partial charge is 0.433 e. The van der Waals surface area contributed by atoms with Crippen LogP contribution in [0.2, 0.25) is 0 Å². The molecule has 0 bridgehead atoms. The quantitative estimate of drug-likeness (QED) is 0.824. The van der Waals surface area contributed by atoms with Gasteiger partial charge in [0, 0.05) is 10.7 Å². The summed E-state index contributed by atoms with van der Waals surface area (Å²) in [6, 6.07) is 8.05. The molecule has 2 rings (SSSR count). The topological polar surface area (TPSA) is 47.0 Å². The molecule has 1 aromatic heterocycles. The van der Waals surface area contributed by atoms with E-state index < -0.39 is 11.9 Å². The van der Waals surface area contributed by atoms with E-state index in [1.54, 1.807) is 12.1 Å². The molecule has 4 nitrogen and oxygen atoms in total. The van der Waals surface area contributed by atoms with Crippen molar-refractivity contribution < 1.29 is 17.9 Å². The first-order chi connectivity index (χ1) is 9.95. The predicted octanol–water partition coefficient (Wildman–Crippen LogP) is 3.75. The number of hydrogen-bond acceptors (Lipinski definition) is 4. The molecule has 0 radical (unpaired) electrons. The number of aromatic nitrogens is 2. The minimum Gasteiger partial charge on any atom is -0.492 e. The van der Waals surface area contributed by atoms with Crippen molar-refractivity contribution in [2.24, 2.45) is 0 Å². The zero-order valence-corrected chi connectivity index (χ0v) is 12.3. The Bertz CT molecular complexity index is 590. The molecule has 0 fully saturated rings. The average Bonchev–Trinajstić information content (AvgIpc) is 2.45. The molecule has 112 valence electrons. The lowest BCUT2D eigenvalue weighted by Gasteiger charge is -2.09. The van der Waals surface area contributed by atoms with Gasteiger partial charge in [-0.2, -0.15) is 13.2 Å². The lowest BCUT2D eigenvalue weighted by molar-refractivity contribution is -0.141. The highest BCUT2D eigenvalue weighted by Gasteiger charge is 2.32. The first-order valence-corrected chi connectivity index (χ1v) is 6.77. The SMILES string of the molecule is FC(F)(F)c1ccnc(NCCOc2ccc(Br)cc2)n1. The number of nitrogens with zero attached hydrogens (tertiary/aromatic N) is 2. The molecule has 0 spiro atoms. The third kappa shape index (κ3) is 4.89. The summed E-state index contributed by atoms with van der Waals surface area (Å²) in [7, 11) is 0. The van der Waals surface area contributed by atoms with E-state index in [1.165, 1.54) is 0 Å². The Morgan fingerprint density at radius 2 is 1.86 bits per heavy atom.